The number of anilines is 1. The van der Waals surface area contributed by atoms with E-state index in [2.05, 4.69) is 10.3 Å². The number of piperidine rings is 1. The Morgan fingerprint density at radius 1 is 1.35 bits per heavy atom. The van der Waals surface area contributed by atoms with Crippen LogP contribution < -0.4 is 4.90 Å². The van der Waals surface area contributed by atoms with Gasteiger partial charge in [-0.3, -0.25) is 4.79 Å². The van der Waals surface area contributed by atoms with Crippen molar-refractivity contribution in [2.24, 2.45) is 0 Å². The number of hydrogen-bond acceptors (Lipinski definition) is 5. The Bertz CT molecular complexity index is 836. The van der Waals surface area contributed by atoms with E-state index in [-0.39, 0.29) is 17.6 Å². The SMILES string of the molecule is CN(C)c1ccc(C(=O)N2CCCC(n3cc(C(=O)O)nn3)C2)cc1F. The van der Waals surface area contributed by atoms with Crippen LogP contribution in [0.25, 0.3) is 0 Å². The van der Waals surface area contributed by atoms with Crippen molar-refractivity contribution in [3.63, 3.8) is 0 Å². The van der Waals surface area contributed by atoms with Gasteiger partial charge in [-0.2, -0.15) is 0 Å². The number of benzene rings is 1. The number of amides is 1. The first kappa shape index (κ1) is 17.8. The molecule has 1 aromatic heterocycles. The highest BCUT2D eigenvalue weighted by Gasteiger charge is 2.27. The van der Waals surface area contributed by atoms with E-state index in [0.717, 1.165) is 12.8 Å². The summed E-state index contributed by atoms with van der Waals surface area (Å²) in [6.07, 6.45) is 2.88. The number of hydrogen-bond donors (Lipinski definition) is 1. The first-order valence-electron chi connectivity index (χ1n) is 8.28. The Balaban J connectivity index is 1.75. The Morgan fingerprint density at radius 2 is 2.12 bits per heavy atom. The maximum absolute atomic E-state index is 14.2. The maximum Gasteiger partial charge on any atom is 0.358 e. The third kappa shape index (κ3) is 3.51. The van der Waals surface area contributed by atoms with E-state index in [4.69, 9.17) is 5.11 Å². The molecule has 1 amide bonds. The molecule has 1 N–H and O–H groups in total. The number of aromatic nitrogens is 3. The van der Waals surface area contributed by atoms with Crippen molar-refractivity contribution < 1.29 is 19.1 Å². The first-order valence-corrected chi connectivity index (χ1v) is 8.28. The minimum Gasteiger partial charge on any atom is -0.476 e. The zero-order valence-corrected chi connectivity index (χ0v) is 14.6. The van der Waals surface area contributed by atoms with Gasteiger partial charge in [-0.1, -0.05) is 5.21 Å². The lowest BCUT2D eigenvalue weighted by molar-refractivity contribution is 0.0665. The molecule has 0 radical (unpaired) electrons. The van der Waals surface area contributed by atoms with Crippen LogP contribution in [0.4, 0.5) is 10.1 Å². The summed E-state index contributed by atoms with van der Waals surface area (Å²) in [7, 11) is 3.47. The van der Waals surface area contributed by atoms with Crippen LogP contribution in [0.5, 0.6) is 0 Å². The number of nitrogens with zero attached hydrogens (tertiary/aromatic N) is 5. The molecule has 138 valence electrons. The van der Waals surface area contributed by atoms with Crippen LogP contribution in [-0.4, -0.2) is 64.1 Å². The van der Waals surface area contributed by atoms with E-state index in [1.54, 1.807) is 36.0 Å². The highest BCUT2D eigenvalue weighted by Crippen LogP contribution is 2.24. The van der Waals surface area contributed by atoms with Gasteiger partial charge in [-0.05, 0) is 31.0 Å². The molecule has 0 bridgehead atoms. The largest absolute Gasteiger partial charge is 0.476 e. The molecule has 1 fully saturated rings. The summed E-state index contributed by atoms with van der Waals surface area (Å²) in [5.74, 6) is -1.84. The zero-order valence-electron chi connectivity index (χ0n) is 14.6. The molecule has 1 unspecified atom stereocenters. The van der Waals surface area contributed by atoms with Crippen LogP contribution in [0, 0.1) is 5.82 Å². The van der Waals surface area contributed by atoms with Crippen molar-refractivity contribution in [2.45, 2.75) is 18.9 Å². The molecular weight excluding hydrogens is 341 g/mol. The van der Waals surface area contributed by atoms with Gasteiger partial charge in [0.2, 0.25) is 0 Å². The van der Waals surface area contributed by atoms with E-state index in [1.165, 1.54) is 16.9 Å². The van der Waals surface area contributed by atoms with Gasteiger partial charge in [0.25, 0.3) is 5.91 Å². The molecule has 0 spiro atoms. The minimum absolute atomic E-state index is 0.130. The molecule has 3 rings (SSSR count). The molecule has 1 atom stereocenters. The number of aromatic carboxylic acids is 1. The second-order valence-corrected chi connectivity index (χ2v) is 6.50. The topological polar surface area (TPSA) is 91.6 Å². The summed E-state index contributed by atoms with van der Waals surface area (Å²) >= 11 is 0. The number of carboxylic acid groups (broad SMARTS) is 1. The fourth-order valence-electron chi connectivity index (χ4n) is 3.09. The van der Waals surface area contributed by atoms with Crippen LogP contribution in [0.2, 0.25) is 0 Å². The summed E-state index contributed by atoms with van der Waals surface area (Å²) < 4.78 is 15.6. The van der Waals surface area contributed by atoms with Crippen molar-refractivity contribution in [2.75, 3.05) is 32.1 Å². The predicted molar refractivity (Wildman–Crippen MR) is 91.9 cm³/mol. The van der Waals surface area contributed by atoms with Gasteiger partial charge in [-0.25, -0.2) is 13.9 Å². The third-order valence-electron chi connectivity index (χ3n) is 4.46. The number of halogens is 1. The van der Waals surface area contributed by atoms with E-state index in [1.807, 2.05) is 0 Å². The molecule has 2 heterocycles. The van der Waals surface area contributed by atoms with E-state index >= 15 is 0 Å². The second-order valence-electron chi connectivity index (χ2n) is 6.50. The van der Waals surface area contributed by atoms with Crippen LogP contribution in [0.1, 0.15) is 39.7 Å². The lowest BCUT2D eigenvalue weighted by Gasteiger charge is -2.32. The molecule has 8 nitrogen and oxygen atoms in total. The lowest BCUT2D eigenvalue weighted by atomic mass is 10.0. The highest BCUT2D eigenvalue weighted by atomic mass is 19.1. The Labute approximate surface area is 149 Å². The quantitative estimate of drug-likeness (QED) is 0.890. The molecule has 0 aliphatic carbocycles. The number of rotatable bonds is 4. The Morgan fingerprint density at radius 3 is 2.73 bits per heavy atom. The van der Waals surface area contributed by atoms with E-state index < -0.39 is 11.8 Å². The number of carbonyl (C=O) groups excluding carboxylic acids is 1. The van der Waals surface area contributed by atoms with Gasteiger partial charge < -0.3 is 14.9 Å². The monoisotopic (exact) mass is 361 g/mol. The second kappa shape index (κ2) is 7.11. The average Bonchev–Trinajstić information content (AvgIpc) is 3.11. The zero-order chi connectivity index (χ0) is 18.8. The van der Waals surface area contributed by atoms with Gasteiger partial charge in [0.05, 0.1) is 17.9 Å². The molecule has 2 aromatic rings. The molecule has 26 heavy (non-hydrogen) atoms. The molecule has 9 heteroatoms. The van der Waals surface area contributed by atoms with Gasteiger partial charge in [0.1, 0.15) is 5.82 Å². The Hall–Kier alpha value is -2.97. The lowest BCUT2D eigenvalue weighted by Crippen LogP contribution is -2.41. The summed E-state index contributed by atoms with van der Waals surface area (Å²) in [6, 6.07) is 4.29. The minimum atomic E-state index is -1.14. The number of likely N-dealkylation sites (tertiary alicyclic amines) is 1. The summed E-state index contributed by atoms with van der Waals surface area (Å²) in [5.41, 5.74) is 0.579. The molecule has 1 saturated heterocycles. The molecule has 1 aromatic carbocycles. The smallest absolute Gasteiger partial charge is 0.358 e. The summed E-state index contributed by atoms with van der Waals surface area (Å²) in [4.78, 5) is 27.0. The molecule has 0 saturated carbocycles. The van der Waals surface area contributed by atoms with Gasteiger partial charge >= 0.3 is 5.97 Å². The van der Waals surface area contributed by atoms with Gasteiger partial charge in [0, 0.05) is 32.7 Å². The summed E-state index contributed by atoms with van der Waals surface area (Å²) in [6.45, 7) is 0.936. The average molecular weight is 361 g/mol. The van der Waals surface area contributed by atoms with Crippen LogP contribution in [0.3, 0.4) is 0 Å². The van der Waals surface area contributed by atoms with Crippen molar-refractivity contribution in [1.29, 1.82) is 0 Å². The van der Waals surface area contributed by atoms with E-state index in [0.29, 0.717) is 24.3 Å². The number of carboxylic acids is 1. The number of carbonyl (C=O) groups is 2. The first-order chi connectivity index (χ1) is 12.4. The predicted octanol–water partition coefficient (Wildman–Crippen LogP) is 1.66. The van der Waals surface area contributed by atoms with Crippen LogP contribution >= 0.6 is 0 Å². The molecule has 1 aliphatic rings. The van der Waals surface area contributed by atoms with Gasteiger partial charge in [-0.15, -0.1) is 5.10 Å². The Kier molecular flexibility index (Phi) is 4.88. The van der Waals surface area contributed by atoms with Crippen molar-refractivity contribution in [3.05, 3.63) is 41.5 Å². The van der Waals surface area contributed by atoms with Crippen LogP contribution in [0.15, 0.2) is 24.4 Å². The van der Waals surface area contributed by atoms with Crippen LogP contribution in [-0.2, 0) is 0 Å². The van der Waals surface area contributed by atoms with Gasteiger partial charge in [0.15, 0.2) is 5.69 Å². The van der Waals surface area contributed by atoms with Crippen molar-refractivity contribution >= 4 is 17.6 Å². The standard InChI is InChI=1S/C17H20FN5O3/c1-21(2)15-6-5-11(8-13(15)18)16(24)22-7-3-4-12(9-22)23-10-14(17(25)26)19-20-23/h5-6,8,10,12H,3-4,7,9H2,1-2H3,(H,25,26). The van der Waals surface area contributed by atoms with Crippen molar-refractivity contribution in [3.8, 4) is 0 Å². The highest BCUT2D eigenvalue weighted by molar-refractivity contribution is 5.94. The molecular formula is C17H20FN5O3. The van der Waals surface area contributed by atoms with E-state index in [9.17, 15) is 14.0 Å². The fourth-order valence-corrected chi connectivity index (χ4v) is 3.09. The summed E-state index contributed by atoms with van der Waals surface area (Å²) in [5, 5.41) is 16.4. The maximum atomic E-state index is 14.2. The molecule has 1 aliphatic heterocycles. The fraction of sp³-hybridized carbons (Fsp3) is 0.412. The normalized spacial score (nSPS) is 17.2. The third-order valence-corrected chi connectivity index (χ3v) is 4.46. The van der Waals surface area contributed by atoms with Crippen molar-refractivity contribution in [1.82, 2.24) is 19.9 Å².